The number of hydrogen-bond donors (Lipinski definition) is 2. The summed E-state index contributed by atoms with van der Waals surface area (Å²) in [5.74, 6) is -1.80. The highest BCUT2D eigenvalue weighted by Crippen LogP contribution is 2.32. The van der Waals surface area contributed by atoms with E-state index in [1.54, 1.807) is 56.3 Å². The van der Waals surface area contributed by atoms with Crippen molar-refractivity contribution in [1.82, 2.24) is 10.2 Å². The van der Waals surface area contributed by atoms with Gasteiger partial charge in [-0.25, -0.2) is 9.18 Å². The molecule has 3 rings (SSSR count). The molecule has 10 heteroatoms. The highest BCUT2D eigenvalue weighted by atomic mass is 35.5. The minimum Gasteiger partial charge on any atom is -0.489 e. The van der Waals surface area contributed by atoms with Crippen LogP contribution in [0.4, 0.5) is 4.39 Å². The number of aliphatic carboxylic acids is 1. The summed E-state index contributed by atoms with van der Waals surface area (Å²) in [5, 5.41) is 13.3. The number of ether oxygens (including phenoxy) is 1. The molecule has 200 valence electrons. The van der Waals surface area contributed by atoms with Crippen molar-refractivity contribution in [1.29, 1.82) is 0 Å². The van der Waals surface area contributed by atoms with E-state index < -0.39 is 35.4 Å². The molecule has 0 aromatic heterocycles. The Morgan fingerprint density at radius 3 is 2.27 bits per heavy atom. The fraction of sp³-hybridized carbons (Fsp3) is 0.444. The molecule has 37 heavy (non-hydrogen) atoms. The largest absolute Gasteiger partial charge is 0.489 e. The second kappa shape index (κ2) is 12.6. The van der Waals surface area contributed by atoms with Gasteiger partial charge in [0.25, 0.3) is 0 Å². The maximum absolute atomic E-state index is 13.7. The van der Waals surface area contributed by atoms with E-state index in [1.807, 2.05) is 0 Å². The number of carbonyl (C=O) groups is 3. The Kier molecular flexibility index (Phi) is 9.79. The summed E-state index contributed by atoms with van der Waals surface area (Å²) in [6.45, 7) is 3.76. The number of benzene rings is 2. The summed E-state index contributed by atoms with van der Waals surface area (Å²) in [4.78, 5) is 39.8. The van der Waals surface area contributed by atoms with Crippen LogP contribution in [0.15, 0.2) is 42.5 Å². The highest BCUT2D eigenvalue weighted by molar-refractivity contribution is 6.35. The average Bonchev–Trinajstić information content (AvgIpc) is 3.31. The van der Waals surface area contributed by atoms with Crippen LogP contribution in [0.3, 0.4) is 0 Å². The van der Waals surface area contributed by atoms with Crippen molar-refractivity contribution < 1.29 is 28.6 Å². The Morgan fingerprint density at radius 1 is 1.14 bits per heavy atom. The van der Waals surface area contributed by atoms with Crippen LogP contribution in [-0.2, 0) is 27.4 Å². The maximum Gasteiger partial charge on any atom is 0.326 e. The van der Waals surface area contributed by atoms with E-state index in [-0.39, 0.29) is 45.4 Å². The van der Waals surface area contributed by atoms with E-state index in [1.165, 1.54) is 4.90 Å². The topological polar surface area (TPSA) is 95.9 Å². The van der Waals surface area contributed by atoms with Gasteiger partial charge in [-0.05, 0) is 49.1 Å². The number of hydrogen-bond acceptors (Lipinski definition) is 4. The third kappa shape index (κ3) is 6.73. The second-order valence-corrected chi connectivity index (χ2v) is 9.94. The minimum absolute atomic E-state index is 0.00562. The molecule has 0 radical (unpaired) electrons. The molecule has 0 spiro atoms. The lowest BCUT2D eigenvalue weighted by Crippen LogP contribution is -2.55. The van der Waals surface area contributed by atoms with Crippen molar-refractivity contribution in [3.05, 3.63) is 63.6 Å². The molecule has 2 atom stereocenters. The maximum atomic E-state index is 13.7. The smallest absolute Gasteiger partial charge is 0.326 e. The van der Waals surface area contributed by atoms with Gasteiger partial charge in [0.05, 0.1) is 6.54 Å². The van der Waals surface area contributed by atoms with Gasteiger partial charge in [0, 0.05) is 28.6 Å². The number of carboxylic acid groups (broad SMARTS) is 1. The Hall–Kier alpha value is -2.84. The molecule has 2 aromatic carbocycles. The van der Waals surface area contributed by atoms with E-state index in [4.69, 9.17) is 27.9 Å². The van der Waals surface area contributed by atoms with Crippen LogP contribution in [0.2, 0.25) is 10.0 Å². The molecule has 1 fully saturated rings. The van der Waals surface area contributed by atoms with Crippen molar-refractivity contribution in [3.63, 3.8) is 0 Å². The second-order valence-electron chi connectivity index (χ2n) is 9.13. The predicted molar refractivity (Wildman–Crippen MR) is 140 cm³/mol. The van der Waals surface area contributed by atoms with E-state index >= 15 is 0 Å². The van der Waals surface area contributed by atoms with Crippen molar-refractivity contribution in [3.8, 4) is 5.75 Å². The molecule has 7 nitrogen and oxygen atoms in total. The first-order valence-electron chi connectivity index (χ1n) is 12.2. The highest BCUT2D eigenvalue weighted by Gasteiger charge is 2.47. The SMILES string of the molecule is CCC(CC)(C(=O)N[C@@H](Cc1ccc(OCc2c(Cl)cccc2Cl)cc1)C(=O)O)C(=O)N1CC[C@@H](F)C1. The lowest BCUT2D eigenvalue weighted by molar-refractivity contribution is -0.153. The van der Waals surface area contributed by atoms with Crippen molar-refractivity contribution in [2.24, 2.45) is 5.41 Å². The van der Waals surface area contributed by atoms with Crippen LogP contribution in [0, 0.1) is 5.41 Å². The van der Waals surface area contributed by atoms with Gasteiger partial charge in [-0.1, -0.05) is 55.2 Å². The van der Waals surface area contributed by atoms with Crippen molar-refractivity contribution in [2.75, 3.05) is 13.1 Å². The lowest BCUT2D eigenvalue weighted by Gasteiger charge is -2.34. The minimum atomic E-state index is -1.45. The Balaban J connectivity index is 1.67. The lowest BCUT2D eigenvalue weighted by atomic mass is 9.79. The quantitative estimate of drug-likeness (QED) is 0.380. The summed E-state index contributed by atoms with van der Waals surface area (Å²) in [7, 11) is 0. The van der Waals surface area contributed by atoms with Gasteiger partial charge in [0.1, 0.15) is 30.0 Å². The predicted octanol–water partition coefficient (Wildman–Crippen LogP) is 5.06. The number of rotatable bonds is 11. The third-order valence-electron chi connectivity index (χ3n) is 6.88. The van der Waals surface area contributed by atoms with Gasteiger partial charge in [-0.3, -0.25) is 9.59 Å². The number of carbonyl (C=O) groups excluding carboxylic acids is 2. The monoisotopic (exact) mass is 552 g/mol. The van der Waals surface area contributed by atoms with E-state index in [9.17, 15) is 23.9 Å². The van der Waals surface area contributed by atoms with Crippen LogP contribution in [0.1, 0.15) is 44.2 Å². The first kappa shape index (κ1) is 28.7. The Bertz CT molecular complexity index is 1100. The van der Waals surface area contributed by atoms with Gasteiger partial charge < -0.3 is 20.1 Å². The van der Waals surface area contributed by atoms with Gasteiger partial charge >= 0.3 is 5.97 Å². The molecule has 1 heterocycles. The van der Waals surface area contributed by atoms with E-state index in [0.29, 0.717) is 26.9 Å². The average molecular weight is 553 g/mol. The molecule has 2 N–H and O–H groups in total. The molecular formula is C27H31Cl2FN2O5. The van der Waals surface area contributed by atoms with Gasteiger partial charge in [-0.2, -0.15) is 0 Å². The van der Waals surface area contributed by atoms with Gasteiger partial charge in [-0.15, -0.1) is 0 Å². The zero-order valence-corrected chi connectivity index (χ0v) is 22.3. The number of amides is 2. The summed E-state index contributed by atoms with van der Waals surface area (Å²) in [5.41, 5.74) is -0.139. The number of nitrogens with zero attached hydrogens (tertiary/aromatic N) is 1. The normalized spacial score (nSPS) is 16.4. The fourth-order valence-corrected chi connectivity index (χ4v) is 4.96. The van der Waals surface area contributed by atoms with E-state index in [0.717, 1.165) is 0 Å². The zero-order valence-electron chi connectivity index (χ0n) is 20.8. The molecule has 0 saturated carbocycles. The molecule has 0 bridgehead atoms. The van der Waals surface area contributed by atoms with Crippen molar-refractivity contribution >= 4 is 41.0 Å². The van der Waals surface area contributed by atoms with E-state index in [2.05, 4.69) is 5.32 Å². The molecule has 2 aromatic rings. The molecule has 0 aliphatic carbocycles. The molecule has 0 unspecified atom stereocenters. The molecule has 1 saturated heterocycles. The molecule has 1 aliphatic rings. The van der Waals surface area contributed by atoms with Crippen LogP contribution in [0.5, 0.6) is 5.75 Å². The summed E-state index contributed by atoms with van der Waals surface area (Å²) in [6.07, 6.45) is -0.519. The standard InChI is InChI=1S/C27H31Cl2FN2O5/c1-3-27(4-2,26(36)32-13-12-18(30)15-32)25(35)31-23(24(33)34)14-17-8-10-19(11-9-17)37-16-20-21(28)6-5-7-22(20)29/h5-11,18,23H,3-4,12-16H2,1-2H3,(H,31,35)(H,33,34)/t18-,23+/m1/s1. The van der Waals surface area contributed by atoms with Crippen LogP contribution in [0.25, 0.3) is 0 Å². The van der Waals surface area contributed by atoms with Crippen LogP contribution in [-0.4, -0.2) is 53.1 Å². The Labute approximate surface area is 225 Å². The number of alkyl halides is 1. The number of halogens is 3. The van der Waals surface area contributed by atoms with Crippen LogP contribution >= 0.6 is 23.2 Å². The van der Waals surface area contributed by atoms with Gasteiger partial charge in [0.2, 0.25) is 11.8 Å². The fourth-order valence-electron chi connectivity index (χ4n) is 4.46. The Morgan fingerprint density at radius 2 is 1.76 bits per heavy atom. The number of carboxylic acids is 1. The third-order valence-corrected chi connectivity index (χ3v) is 7.59. The number of nitrogens with one attached hydrogen (secondary N) is 1. The molecular weight excluding hydrogens is 522 g/mol. The zero-order chi connectivity index (χ0) is 27.2. The summed E-state index contributed by atoms with van der Waals surface area (Å²) in [6, 6.07) is 10.7. The van der Waals surface area contributed by atoms with Crippen molar-refractivity contribution in [2.45, 2.75) is 58.4 Å². The molecule has 2 amide bonds. The van der Waals surface area contributed by atoms with Gasteiger partial charge in [0.15, 0.2) is 0 Å². The first-order chi connectivity index (χ1) is 17.6. The summed E-state index contributed by atoms with van der Waals surface area (Å²) < 4.78 is 19.5. The number of likely N-dealkylation sites (tertiary alicyclic amines) is 1. The van der Waals surface area contributed by atoms with Crippen LogP contribution < -0.4 is 10.1 Å². The first-order valence-corrected chi connectivity index (χ1v) is 13.0. The molecule has 1 aliphatic heterocycles. The summed E-state index contributed by atoms with van der Waals surface area (Å²) >= 11 is 12.3.